The van der Waals surface area contributed by atoms with Crippen LogP contribution in [-0.2, 0) is 25.1 Å². The first kappa shape index (κ1) is 37.5. The van der Waals surface area contributed by atoms with Gasteiger partial charge in [-0.25, -0.2) is 15.0 Å². The molecule has 0 aromatic carbocycles. The van der Waals surface area contributed by atoms with Gasteiger partial charge in [-0.2, -0.15) is 10.0 Å². The van der Waals surface area contributed by atoms with E-state index >= 15 is 0 Å². The lowest BCUT2D eigenvalue weighted by Crippen LogP contribution is -2.21. The van der Waals surface area contributed by atoms with E-state index in [0.29, 0.717) is 34.9 Å². The summed E-state index contributed by atoms with van der Waals surface area (Å²) in [6, 6.07) is 0. The molecule has 0 spiro atoms. The molecule has 2 aromatic heterocycles. The summed E-state index contributed by atoms with van der Waals surface area (Å²) < 4.78 is 30.6. The molecule has 10 nitrogen and oxygen atoms in total. The first-order valence-corrected chi connectivity index (χ1v) is 19.8. The Hall–Kier alpha value is -1.67. The van der Waals surface area contributed by atoms with Crippen LogP contribution in [0, 0.1) is 11.2 Å². The van der Waals surface area contributed by atoms with Crippen molar-refractivity contribution in [2.45, 2.75) is 116 Å². The van der Waals surface area contributed by atoms with Gasteiger partial charge in [-0.05, 0) is 32.3 Å². The molecular weight excluding hydrogens is 585 g/mol. The molecule has 2 rings (SSSR count). The van der Waals surface area contributed by atoms with Crippen molar-refractivity contribution >= 4 is 34.6 Å². The van der Waals surface area contributed by atoms with E-state index in [0.717, 1.165) is 19.3 Å². The summed E-state index contributed by atoms with van der Waals surface area (Å²) in [5, 5.41) is 3.56. The van der Waals surface area contributed by atoms with Crippen LogP contribution in [0.15, 0.2) is 12.7 Å². The van der Waals surface area contributed by atoms with Crippen molar-refractivity contribution in [3.8, 4) is 11.2 Å². The number of rotatable bonds is 21. The molecule has 0 saturated heterocycles. The molecule has 0 fully saturated rings. The highest BCUT2D eigenvalue weighted by atomic mass is 32.3. The fourth-order valence-corrected chi connectivity index (χ4v) is 5.82. The van der Waals surface area contributed by atoms with Crippen molar-refractivity contribution in [1.29, 1.82) is 0 Å². The minimum absolute atomic E-state index is 0.0520. The van der Waals surface area contributed by atoms with Crippen LogP contribution in [0.25, 0.3) is 11.2 Å². The summed E-state index contributed by atoms with van der Waals surface area (Å²) in [6.45, 7) is 10.0. The number of imidazole rings is 1. The van der Waals surface area contributed by atoms with Gasteiger partial charge in [0.1, 0.15) is 18.2 Å². The van der Waals surface area contributed by atoms with Crippen molar-refractivity contribution in [1.82, 2.24) is 19.5 Å². The van der Waals surface area contributed by atoms with E-state index in [4.69, 9.17) is 19.7 Å². The van der Waals surface area contributed by atoms with Gasteiger partial charge in [0.05, 0.1) is 32.2 Å². The second-order valence-corrected chi connectivity index (χ2v) is 18.4. The molecule has 0 bridgehead atoms. The predicted molar refractivity (Wildman–Crippen MR) is 180 cm³/mol. The van der Waals surface area contributed by atoms with Gasteiger partial charge in [0.2, 0.25) is 0 Å². The van der Waals surface area contributed by atoms with Gasteiger partial charge in [-0.1, -0.05) is 83.3 Å². The monoisotopic (exact) mass is 641 g/mol. The minimum Gasteiger partial charge on any atom is -0.382 e. The fraction of sp³-hybridized carbons (Fsp3) is 0.774. The van der Waals surface area contributed by atoms with Crippen LogP contribution in [0.3, 0.4) is 0 Å². The summed E-state index contributed by atoms with van der Waals surface area (Å²) in [5.74, 6) is 3.74. The molecule has 2 heterocycles. The highest BCUT2D eigenvalue weighted by molar-refractivity contribution is 8.37. The number of fused-ring (bicyclic) bond motifs is 1. The minimum atomic E-state index is -3.87. The maximum atomic E-state index is 12.3. The first-order chi connectivity index (χ1) is 20.3. The molecule has 3 N–H and O–H groups in total. The highest BCUT2D eigenvalue weighted by Gasteiger charge is 2.25. The van der Waals surface area contributed by atoms with Crippen LogP contribution in [0.5, 0.6) is 0 Å². The Morgan fingerprint density at radius 2 is 1.60 bits per heavy atom. The summed E-state index contributed by atoms with van der Waals surface area (Å²) in [6.07, 6.45) is 20.3. The number of nitrogen functional groups attached to an aromatic ring is 1. The number of anilines is 1. The lowest BCUT2D eigenvalue weighted by molar-refractivity contribution is 0.0610. The standard InChI is InChI=1S/C31H56N5O5PS/c1-27(23-36-25-35-28-29(32)33-24-34-30(28)36)40-26-42(37,38)41-21-20-39-19-17-15-13-11-9-7-8-10-12-14-16-18-22-43(5,6)31(2,3)4/h24-25,27H,7-17,19-21,23,26H2,1-6H3,(H,37,38)(H2,32,33,34)/t27-/m1/s1. The zero-order valence-corrected chi connectivity index (χ0v) is 29.1. The third kappa shape index (κ3) is 14.8. The van der Waals surface area contributed by atoms with E-state index in [-0.39, 0.29) is 19.3 Å². The van der Waals surface area contributed by atoms with Crippen molar-refractivity contribution in [2.75, 3.05) is 44.4 Å². The van der Waals surface area contributed by atoms with Crippen LogP contribution in [-0.4, -0.2) is 73.9 Å². The van der Waals surface area contributed by atoms with E-state index in [1.165, 1.54) is 57.7 Å². The summed E-state index contributed by atoms with van der Waals surface area (Å²) in [5.41, 5.74) is 6.91. The van der Waals surface area contributed by atoms with Crippen LogP contribution in [0.1, 0.15) is 98.3 Å². The second kappa shape index (κ2) is 19.0. The Labute approximate surface area is 261 Å². The number of ether oxygens (including phenoxy) is 2. The zero-order chi connectivity index (χ0) is 31.8. The molecule has 0 saturated carbocycles. The smallest absolute Gasteiger partial charge is 0.353 e. The fourth-order valence-electron chi connectivity index (χ4n) is 4.18. The maximum Gasteiger partial charge on any atom is 0.353 e. The molecule has 0 radical (unpaired) electrons. The van der Waals surface area contributed by atoms with E-state index in [9.17, 15) is 9.46 Å². The van der Waals surface area contributed by atoms with Crippen LogP contribution in [0.4, 0.5) is 5.82 Å². The lowest BCUT2D eigenvalue weighted by atomic mass is 10.1. The Balaban J connectivity index is 1.39. The van der Waals surface area contributed by atoms with E-state index in [1.807, 2.05) is 0 Å². The molecular formula is C31H56N5O5PS. The maximum absolute atomic E-state index is 12.3. The third-order valence-corrected chi connectivity index (χ3v) is 12.4. The third-order valence-electron chi connectivity index (χ3n) is 7.62. The van der Waals surface area contributed by atoms with Gasteiger partial charge in [0, 0.05) is 17.8 Å². The second-order valence-electron chi connectivity index (χ2n) is 12.5. The number of unbranched alkanes of at least 4 members (excludes halogenated alkanes) is 10. The number of aromatic nitrogens is 4. The van der Waals surface area contributed by atoms with Gasteiger partial charge in [0.15, 0.2) is 11.5 Å². The zero-order valence-electron chi connectivity index (χ0n) is 27.3. The van der Waals surface area contributed by atoms with Crippen molar-refractivity contribution < 1.29 is 23.5 Å². The number of hydrogen-bond donors (Lipinski definition) is 2. The molecule has 246 valence electrons. The summed E-state index contributed by atoms with van der Waals surface area (Å²) in [4.78, 5) is 22.4. The van der Waals surface area contributed by atoms with Gasteiger partial charge in [-0.3, -0.25) is 4.57 Å². The molecule has 0 aliphatic carbocycles. The van der Waals surface area contributed by atoms with E-state index in [2.05, 4.69) is 59.4 Å². The van der Waals surface area contributed by atoms with Gasteiger partial charge >= 0.3 is 7.60 Å². The molecule has 12 heteroatoms. The van der Waals surface area contributed by atoms with Crippen molar-refractivity contribution in [3.05, 3.63) is 12.7 Å². The Morgan fingerprint density at radius 3 is 2.26 bits per heavy atom. The van der Waals surface area contributed by atoms with Gasteiger partial charge in [0.25, 0.3) is 0 Å². The first-order valence-electron chi connectivity index (χ1n) is 15.6. The van der Waals surface area contributed by atoms with Crippen molar-refractivity contribution in [3.63, 3.8) is 0 Å². The normalized spacial score (nSPS) is 14.8. The largest absolute Gasteiger partial charge is 0.382 e. The molecule has 0 aliphatic heterocycles. The van der Waals surface area contributed by atoms with Crippen molar-refractivity contribution in [2.24, 2.45) is 0 Å². The summed E-state index contributed by atoms with van der Waals surface area (Å²) in [7, 11) is -4.72. The Bertz CT molecular complexity index is 1190. The molecule has 1 unspecified atom stereocenters. The topological polar surface area (TPSA) is 135 Å². The van der Waals surface area contributed by atoms with Crippen LogP contribution in [0.2, 0.25) is 0 Å². The molecule has 0 amide bonds. The SMILES string of the molecule is C[C@H](Cn1cnc2c(N)ncnc21)OCP(=O)(O)OCCOCCCCCCCCCCCCC#CS(C)(C)C(C)(C)C. The lowest BCUT2D eigenvalue weighted by Gasteiger charge is -2.39. The van der Waals surface area contributed by atoms with Gasteiger partial charge in [-0.15, -0.1) is 0 Å². The Morgan fingerprint density at radius 1 is 0.977 bits per heavy atom. The summed E-state index contributed by atoms with van der Waals surface area (Å²) >= 11 is 0. The number of nitrogens with zero attached hydrogens (tertiary/aromatic N) is 4. The average molecular weight is 642 g/mol. The van der Waals surface area contributed by atoms with Crippen LogP contribution >= 0.6 is 17.6 Å². The average Bonchev–Trinajstić information content (AvgIpc) is 3.34. The van der Waals surface area contributed by atoms with Gasteiger partial charge < -0.3 is 29.2 Å². The van der Waals surface area contributed by atoms with Crippen LogP contribution < -0.4 is 5.73 Å². The molecule has 2 aromatic rings. The highest BCUT2D eigenvalue weighted by Crippen LogP contribution is 2.51. The number of hydrogen-bond acceptors (Lipinski definition) is 8. The van der Waals surface area contributed by atoms with E-state index < -0.39 is 24.0 Å². The Kier molecular flexibility index (Phi) is 16.6. The quantitative estimate of drug-likeness (QED) is 0.0831. The van der Waals surface area contributed by atoms with E-state index in [1.54, 1.807) is 17.8 Å². The molecule has 0 aliphatic rings. The molecule has 43 heavy (non-hydrogen) atoms. The number of nitrogens with two attached hydrogens (primary N) is 1. The predicted octanol–water partition coefficient (Wildman–Crippen LogP) is 7.10. The molecule has 2 atom stereocenters.